The van der Waals surface area contributed by atoms with Gasteiger partial charge in [-0.05, 0) is 31.4 Å². The molecule has 0 spiro atoms. The number of unbranched alkanes of at least 4 members (excludes halogenated alkanes) is 2. The molecule has 2 N–H and O–H groups in total. The normalized spacial score (nSPS) is 10.2. The van der Waals surface area contributed by atoms with E-state index >= 15 is 0 Å². The Bertz CT molecular complexity index is 385. The molecule has 0 aromatic heterocycles. The minimum absolute atomic E-state index is 0.0790. The molecule has 0 radical (unpaired) electrons. The van der Waals surface area contributed by atoms with E-state index in [-0.39, 0.29) is 12.3 Å². The summed E-state index contributed by atoms with van der Waals surface area (Å²) in [6.07, 6.45) is 2.55. The molecular formula is C11H15BrN2O3. The minimum atomic E-state index is -0.400. The number of nitro groups is 1. The molecule has 94 valence electrons. The first kappa shape index (κ1) is 13.9. The van der Waals surface area contributed by atoms with Gasteiger partial charge in [0.05, 0.1) is 4.92 Å². The first-order chi connectivity index (χ1) is 8.15. The summed E-state index contributed by atoms with van der Waals surface area (Å²) < 4.78 is 0.806. The van der Waals surface area contributed by atoms with Gasteiger partial charge < -0.3 is 10.4 Å². The van der Waals surface area contributed by atoms with Crippen LogP contribution in [0.3, 0.4) is 0 Å². The fraction of sp³-hybridized carbons (Fsp3) is 0.455. The van der Waals surface area contributed by atoms with Gasteiger partial charge in [-0.1, -0.05) is 15.9 Å². The van der Waals surface area contributed by atoms with Gasteiger partial charge in [0.1, 0.15) is 5.69 Å². The standard InChI is InChI=1S/C11H15BrN2O3/c12-9-4-5-11(14(16)17)10(8-9)13-6-2-1-3-7-15/h4-5,8,13,15H,1-3,6-7H2. The van der Waals surface area contributed by atoms with E-state index in [0.29, 0.717) is 12.2 Å². The van der Waals surface area contributed by atoms with E-state index < -0.39 is 4.92 Å². The Hall–Kier alpha value is -1.14. The average molecular weight is 303 g/mol. The lowest BCUT2D eigenvalue weighted by atomic mass is 10.2. The van der Waals surface area contributed by atoms with Crippen molar-refractivity contribution < 1.29 is 10.0 Å². The van der Waals surface area contributed by atoms with Gasteiger partial charge in [-0.15, -0.1) is 0 Å². The maximum atomic E-state index is 10.8. The molecular weight excluding hydrogens is 288 g/mol. The van der Waals surface area contributed by atoms with Crippen LogP contribution in [0.25, 0.3) is 0 Å². The number of halogens is 1. The van der Waals surface area contributed by atoms with Crippen LogP contribution in [-0.2, 0) is 0 Å². The molecule has 1 aromatic carbocycles. The highest BCUT2D eigenvalue weighted by Gasteiger charge is 2.12. The second-order valence-corrected chi connectivity index (χ2v) is 4.55. The van der Waals surface area contributed by atoms with Gasteiger partial charge in [-0.2, -0.15) is 0 Å². The monoisotopic (exact) mass is 302 g/mol. The highest BCUT2D eigenvalue weighted by atomic mass is 79.9. The number of hydrogen-bond donors (Lipinski definition) is 2. The van der Waals surface area contributed by atoms with E-state index in [1.165, 1.54) is 6.07 Å². The molecule has 0 aliphatic heterocycles. The fourth-order valence-corrected chi connectivity index (χ4v) is 1.81. The quantitative estimate of drug-likeness (QED) is 0.461. The van der Waals surface area contributed by atoms with Crippen molar-refractivity contribution in [2.45, 2.75) is 19.3 Å². The van der Waals surface area contributed by atoms with Crippen molar-refractivity contribution in [3.8, 4) is 0 Å². The molecule has 17 heavy (non-hydrogen) atoms. The van der Waals surface area contributed by atoms with Gasteiger partial charge in [0.15, 0.2) is 0 Å². The van der Waals surface area contributed by atoms with Crippen LogP contribution < -0.4 is 5.32 Å². The second-order valence-electron chi connectivity index (χ2n) is 3.63. The summed E-state index contributed by atoms with van der Waals surface area (Å²) in [5.41, 5.74) is 0.601. The zero-order valence-electron chi connectivity index (χ0n) is 9.36. The molecule has 0 aliphatic carbocycles. The SMILES string of the molecule is O=[N+]([O-])c1ccc(Br)cc1NCCCCCO. The highest BCUT2D eigenvalue weighted by molar-refractivity contribution is 9.10. The molecule has 5 nitrogen and oxygen atoms in total. The molecule has 0 amide bonds. The third-order valence-corrected chi connectivity index (χ3v) is 2.80. The summed E-state index contributed by atoms with van der Waals surface area (Å²) in [6, 6.07) is 4.82. The van der Waals surface area contributed by atoms with Crippen molar-refractivity contribution in [1.29, 1.82) is 0 Å². The third kappa shape index (κ3) is 4.70. The minimum Gasteiger partial charge on any atom is -0.396 e. The highest BCUT2D eigenvalue weighted by Crippen LogP contribution is 2.27. The maximum absolute atomic E-state index is 10.8. The lowest BCUT2D eigenvalue weighted by Crippen LogP contribution is -2.04. The average Bonchev–Trinajstić information content (AvgIpc) is 2.28. The summed E-state index contributed by atoms with van der Waals surface area (Å²) in [5.74, 6) is 0. The summed E-state index contributed by atoms with van der Waals surface area (Å²) >= 11 is 3.28. The Morgan fingerprint density at radius 3 is 2.76 bits per heavy atom. The molecule has 0 heterocycles. The van der Waals surface area contributed by atoms with Crippen molar-refractivity contribution >= 4 is 27.3 Å². The Balaban J connectivity index is 2.56. The fourth-order valence-electron chi connectivity index (χ4n) is 1.45. The Labute approximate surface area is 108 Å². The number of nitro benzene ring substituents is 1. The lowest BCUT2D eigenvalue weighted by Gasteiger charge is -2.07. The molecule has 0 aliphatic rings. The summed E-state index contributed by atoms with van der Waals surface area (Å²) in [6.45, 7) is 0.855. The third-order valence-electron chi connectivity index (χ3n) is 2.31. The largest absolute Gasteiger partial charge is 0.396 e. The van der Waals surface area contributed by atoms with Crippen molar-refractivity contribution in [3.63, 3.8) is 0 Å². The zero-order valence-corrected chi connectivity index (χ0v) is 10.9. The van der Waals surface area contributed by atoms with E-state index in [2.05, 4.69) is 21.2 Å². The predicted octanol–water partition coefficient (Wildman–Crippen LogP) is 2.93. The summed E-state index contributed by atoms with van der Waals surface area (Å²) in [7, 11) is 0. The van der Waals surface area contributed by atoms with E-state index in [9.17, 15) is 10.1 Å². The van der Waals surface area contributed by atoms with Gasteiger partial charge in [0.2, 0.25) is 0 Å². The molecule has 0 fully saturated rings. The summed E-state index contributed by atoms with van der Waals surface area (Å²) in [5, 5.41) is 22.4. The van der Waals surface area contributed by atoms with Gasteiger partial charge in [0, 0.05) is 23.7 Å². The second kappa shape index (κ2) is 7.24. The maximum Gasteiger partial charge on any atom is 0.292 e. The molecule has 0 bridgehead atoms. The number of nitrogens with zero attached hydrogens (tertiary/aromatic N) is 1. The topological polar surface area (TPSA) is 75.4 Å². The molecule has 0 unspecified atom stereocenters. The van der Waals surface area contributed by atoms with Crippen LogP contribution in [-0.4, -0.2) is 23.2 Å². The summed E-state index contributed by atoms with van der Waals surface area (Å²) in [4.78, 5) is 10.4. The molecule has 0 saturated carbocycles. The number of nitrogens with one attached hydrogen (secondary N) is 1. The van der Waals surface area contributed by atoms with Crippen LogP contribution >= 0.6 is 15.9 Å². The molecule has 0 atom stereocenters. The van der Waals surface area contributed by atoms with Crippen molar-refractivity contribution in [2.75, 3.05) is 18.5 Å². The van der Waals surface area contributed by atoms with Crippen molar-refractivity contribution in [1.82, 2.24) is 0 Å². The number of aliphatic hydroxyl groups is 1. The molecule has 1 rings (SSSR count). The zero-order chi connectivity index (χ0) is 12.7. The van der Waals surface area contributed by atoms with Gasteiger partial charge >= 0.3 is 0 Å². The van der Waals surface area contributed by atoms with Crippen LogP contribution in [0.1, 0.15) is 19.3 Å². The molecule has 0 saturated heterocycles. The van der Waals surface area contributed by atoms with Crippen LogP contribution in [0, 0.1) is 10.1 Å². The van der Waals surface area contributed by atoms with Crippen molar-refractivity contribution in [3.05, 3.63) is 32.8 Å². The smallest absolute Gasteiger partial charge is 0.292 e. The van der Waals surface area contributed by atoms with E-state index in [4.69, 9.17) is 5.11 Å². The number of aliphatic hydroxyl groups excluding tert-OH is 1. The van der Waals surface area contributed by atoms with Crippen LogP contribution in [0.2, 0.25) is 0 Å². The van der Waals surface area contributed by atoms with Crippen LogP contribution in [0.15, 0.2) is 22.7 Å². The van der Waals surface area contributed by atoms with E-state index in [1.54, 1.807) is 12.1 Å². The Morgan fingerprint density at radius 1 is 1.35 bits per heavy atom. The van der Waals surface area contributed by atoms with Crippen LogP contribution in [0.4, 0.5) is 11.4 Å². The number of benzene rings is 1. The number of rotatable bonds is 7. The first-order valence-corrected chi connectivity index (χ1v) is 6.23. The van der Waals surface area contributed by atoms with Gasteiger partial charge in [0.25, 0.3) is 5.69 Å². The van der Waals surface area contributed by atoms with Crippen LogP contribution in [0.5, 0.6) is 0 Å². The van der Waals surface area contributed by atoms with Gasteiger partial charge in [-0.25, -0.2) is 0 Å². The van der Waals surface area contributed by atoms with E-state index in [0.717, 1.165) is 23.7 Å². The number of anilines is 1. The Kier molecular flexibility index (Phi) is 5.93. The van der Waals surface area contributed by atoms with Crippen molar-refractivity contribution in [2.24, 2.45) is 0 Å². The molecule has 1 aromatic rings. The first-order valence-electron chi connectivity index (χ1n) is 5.44. The lowest BCUT2D eigenvalue weighted by molar-refractivity contribution is -0.384. The molecule has 6 heteroatoms. The Morgan fingerprint density at radius 2 is 2.12 bits per heavy atom. The number of hydrogen-bond acceptors (Lipinski definition) is 4. The van der Waals surface area contributed by atoms with Gasteiger partial charge in [-0.3, -0.25) is 10.1 Å². The predicted molar refractivity (Wildman–Crippen MR) is 70.2 cm³/mol. The van der Waals surface area contributed by atoms with E-state index in [1.807, 2.05) is 0 Å².